The number of halogens is 1. The Morgan fingerprint density at radius 2 is 1.80 bits per heavy atom. The maximum absolute atomic E-state index is 12.0. The minimum atomic E-state index is -3.29. The van der Waals surface area contributed by atoms with Gasteiger partial charge in [0.05, 0.1) is 4.90 Å². The van der Waals surface area contributed by atoms with Crippen molar-refractivity contribution in [3.05, 3.63) is 27.8 Å². The Hall–Kier alpha value is -0.140. The smallest absolute Gasteiger partial charge is 0.207 e. The average molecular weight is 339 g/mol. The summed E-state index contributed by atoms with van der Waals surface area (Å²) in [7, 11) is -1.68. The van der Waals surface area contributed by atoms with Crippen LogP contribution in [0, 0.1) is 3.57 Å². The highest BCUT2D eigenvalue weighted by molar-refractivity contribution is 14.1. The van der Waals surface area contributed by atoms with E-state index in [1.54, 1.807) is 31.3 Å². The van der Waals surface area contributed by atoms with Crippen molar-refractivity contribution in [2.75, 3.05) is 13.6 Å². The maximum Gasteiger partial charge on any atom is 0.242 e. The van der Waals surface area contributed by atoms with E-state index in [2.05, 4.69) is 22.6 Å². The lowest BCUT2D eigenvalue weighted by Crippen LogP contribution is -2.27. The Labute approximate surface area is 105 Å². The third-order valence-electron chi connectivity index (χ3n) is 2.06. The van der Waals surface area contributed by atoms with Crippen molar-refractivity contribution in [1.29, 1.82) is 0 Å². The van der Waals surface area contributed by atoms with E-state index in [1.807, 2.05) is 6.92 Å². The zero-order valence-corrected chi connectivity index (χ0v) is 11.7. The largest absolute Gasteiger partial charge is 0.242 e. The molecule has 0 unspecified atom stereocenters. The van der Waals surface area contributed by atoms with Crippen LogP contribution >= 0.6 is 22.6 Å². The highest BCUT2D eigenvalue weighted by Crippen LogP contribution is 2.16. The van der Waals surface area contributed by atoms with Crippen molar-refractivity contribution in [1.82, 2.24) is 4.31 Å². The van der Waals surface area contributed by atoms with E-state index in [4.69, 9.17) is 0 Å². The summed E-state index contributed by atoms with van der Waals surface area (Å²) in [6, 6.07) is 6.88. The molecular weight excluding hydrogens is 325 g/mol. The van der Waals surface area contributed by atoms with Gasteiger partial charge in [0.15, 0.2) is 0 Å². The molecule has 0 aromatic heterocycles. The van der Waals surface area contributed by atoms with Crippen molar-refractivity contribution < 1.29 is 8.42 Å². The lowest BCUT2D eigenvalue weighted by molar-refractivity contribution is 0.468. The maximum atomic E-state index is 12.0. The third-order valence-corrected chi connectivity index (χ3v) is 4.65. The molecule has 0 N–H and O–H groups in total. The second-order valence-electron chi connectivity index (χ2n) is 3.28. The first-order valence-electron chi connectivity index (χ1n) is 4.70. The van der Waals surface area contributed by atoms with Crippen molar-refractivity contribution >= 4 is 32.6 Å². The van der Waals surface area contributed by atoms with E-state index in [9.17, 15) is 8.42 Å². The summed E-state index contributed by atoms with van der Waals surface area (Å²) in [6.07, 6.45) is 0.820. The molecule has 0 heterocycles. The SMILES string of the molecule is CCCN(C)S(=O)(=O)c1ccc(I)cc1. The Morgan fingerprint density at radius 1 is 1.27 bits per heavy atom. The molecule has 0 radical (unpaired) electrons. The van der Waals surface area contributed by atoms with Crippen LogP contribution in [0.4, 0.5) is 0 Å². The molecule has 0 bridgehead atoms. The molecule has 0 spiro atoms. The standard InChI is InChI=1S/C10H14INO2S/c1-3-8-12(2)15(13,14)10-6-4-9(11)5-7-10/h4-7H,3,8H2,1-2H3. The Morgan fingerprint density at radius 3 is 2.27 bits per heavy atom. The molecule has 1 aromatic rings. The molecule has 15 heavy (non-hydrogen) atoms. The lowest BCUT2D eigenvalue weighted by Gasteiger charge is -2.15. The molecule has 84 valence electrons. The lowest BCUT2D eigenvalue weighted by atomic mass is 10.4. The third kappa shape index (κ3) is 3.15. The summed E-state index contributed by atoms with van der Waals surface area (Å²) in [5.41, 5.74) is 0. The fourth-order valence-electron chi connectivity index (χ4n) is 1.22. The van der Waals surface area contributed by atoms with Crippen LogP contribution in [0.3, 0.4) is 0 Å². The molecule has 0 aliphatic heterocycles. The molecule has 0 aliphatic carbocycles. The van der Waals surface area contributed by atoms with Gasteiger partial charge in [-0.1, -0.05) is 6.92 Å². The minimum absolute atomic E-state index is 0.360. The van der Waals surface area contributed by atoms with Crippen LogP contribution in [-0.4, -0.2) is 26.3 Å². The molecule has 0 saturated heterocycles. The van der Waals surface area contributed by atoms with Crippen molar-refractivity contribution in [2.45, 2.75) is 18.2 Å². The van der Waals surface area contributed by atoms with Gasteiger partial charge in [-0.25, -0.2) is 12.7 Å². The first kappa shape index (κ1) is 12.9. The topological polar surface area (TPSA) is 37.4 Å². The van der Waals surface area contributed by atoms with Gasteiger partial charge in [-0.2, -0.15) is 0 Å². The highest BCUT2D eigenvalue weighted by atomic mass is 127. The molecule has 0 atom stereocenters. The molecule has 3 nitrogen and oxygen atoms in total. The van der Waals surface area contributed by atoms with Crippen LogP contribution in [0.25, 0.3) is 0 Å². The molecule has 1 rings (SSSR count). The first-order valence-corrected chi connectivity index (χ1v) is 7.22. The van der Waals surface area contributed by atoms with Crippen molar-refractivity contribution in [3.8, 4) is 0 Å². The summed E-state index contributed by atoms with van der Waals surface area (Å²) in [4.78, 5) is 0.360. The van der Waals surface area contributed by atoms with Crippen LogP contribution in [0.2, 0.25) is 0 Å². The predicted molar refractivity (Wildman–Crippen MR) is 69.3 cm³/mol. The molecule has 0 saturated carbocycles. The summed E-state index contributed by atoms with van der Waals surface area (Å²) in [5, 5.41) is 0. The zero-order valence-electron chi connectivity index (χ0n) is 8.77. The van der Waals surface area contributed by atoms with Gasteiger partial charge in [0, 0.05) is 17.2 Å². The summed E-state index contributed by atoms with van der Waals surface area (Å²) >= 11 is 2.15. The molecular formula is C10H14INO2S. The van der Waals surface area contributed by atoms with E-state index in [-0.39, 0.29) is 0 Å². The summed E-state index contributed by atoms with van der Waals surface area (Å²) in [6.45, 7) is 2.51. The molecule has 0 fully saturated rings. The van der Waals surface area contributed by atoms with E-state index >= 15 is 0 Å². The monoisotopic (exact) mass is 339 g/mol. The fraction of sp³-hybridized carbons (Fsp3) is 0.400. The number of nitrogens with zero attached hydrogens (tertiary/aromatic N) is 1. The number of sulfonamides is 1. The highest BCUT2D eigenvalue weighted by Gasteiger charge is 2.19. The zero-order chi connectivity index (χ0) is 11.5. The normalized spacial score (nSPS) is 12.0. The van der Waals surface area contributed by atoms with Crippen LogP contribution in [-0.2, 0) is 10.0 Å². The second kappa shape index (κ2) is 5.27. The average Bonchev–Trinajstić information content (AvgIpc) is 2.18. The predicted octanol–water partition coefficient (Wildman–Crippen LogP) is 2.32. The molecule has 5 heteroatoms. The first-order chi connectivity index (χ1) is 6.98. The Balaban J connectivity index is 3.01. The minimum Gasteiger partial charge on any atom is -0.207 e. The van der Waals surface area contributed by atoms with E-state index in [0.717, 1.165) is 9.99 Å². The summed E-state index contributed by atoms with van der Waals surface area (Å²) < 4.78 is 26.3. The van der Waals surface area contributed by atoms with Gasteiger partial charge >= 0.3 is 0 Å². The van der Waals surface area contributed by atoms with Crippen LogP contribution in [0.5, 0.6) is 0 Å². The number of rotatable bonds is 4. The van der Waals surface area contributed by atoms with Crippen molar-refractivity contribution in [2.24, 2.45) is 0 Å². The van der Waals surface area contributed by atoms with Gasteiger partial charge < -0.3 is 0 Å². The van der Waals surface area contributed by atoms with E-state index in [1.165, 1.54) is 4.31 Å². The number of hydrogen-bond donors (Lipinski definition) is 0. The van der Waals surface area contributed by atoms with E-state index in [0.29, 0.717) is 11.4 Å². The van der Waals surface area contributed by atoms with Gasteiger partial charge in [-0.15, -0.1) is 0 Å². The molecule has 0 aliphatic rings. The van der Waals surface area contributed by atoms with Crippen LogP contribution in [0.1, 0.15) is 13.3 Å². The number of benzene rings is 1. The van der Waals surface area contributed by atoms with Gasteiger partial charge in [-0.05, 0) is 53.3 Å². The van der Waals surface area contributed by atoms with Gasteiger partial charge in [0.2, 0.25) is 10.0 Å². The Bertz CT molecular complexity index is 414. The van der Waals surface area contributed by atoms with Gasteiger partial charge in [-0.3, -0.25) is 0 Å². The summed E-state index contributed by atoms with van der Waals surface area (Å²) in [5.74, 6) is 0. The van der Waals surface area contributed by atoms with Crippen LogP contribution in [0.15, 0.2) is 29.2 Å². The van der Waals surface area contributed by atoms with Crippen LogP contribution < -0.4 is 0 Å². The van der Waals surface area contributed by atoms with Gasteiger partial charge in [0.1, 0.15) is 0 Å². The molecule has 1 aromatic carbocycles. The fourth-order valence-corrected chi connectivity index (χ4v) is 2.84. The Kier molecular flexibility index (Phi) is 4.54. The second-order valence-corrected chi connectivity index (χ2v) is 6.57. The van der Waals surface area contributed by atoms with Crippen molar-refractivity contribution in [3.63, 3.8) is 0 Å². The quantitative estimate of drug-likeness (QED) is 0.790. The van der Waals surface area contributed by atoms with Gasteiger partial charge in [0.25, 0.3) is 0 Å². The number of hydrogen-bond acceptors (Lipinski definition) is 2. The molecule has 0 amide bonds. The van der Waals surface area contributed by atoms with E-state index < -0.39 is 10.0 Å².